The molecule has 0 spiro atoms. The first-order chi connectivity index (χ1) is 11.2. The third-order valence-electron chi connectivity index (χ3n) is 3.95. The van der Waals surface area contributed by atoms with E-state index >= 15 is 0 Å². The molecule has 0 aliphatic heterocycles. The molecule has 0 bridgehead atoms. The van der Waals surface area contributed by atoms with Gasteiger partial charge in [-0.2, -0.15) is 0 Å². The molecule has 23 heavy (non-hydrogen) atoms. The molecule has 1 aromatic heterocycles. The van der Waals surface area contributed by atoms with Crippen LogP contribution >= 0.6 is 11.6 Å². The first-order valence-corrected chi connectivity index (χ1v) is 7.90. The maximum Gasteiger partial charge on any atom is 0.138 e. The third-order valence-corrected chi connectivity index (χ3v) is 4.24. The number of imidazole rings is 1. The summed E-state index contributed by atoms with van der Waals surface area (Å²) in [6.45, 7) is 2.03. The largest absolute Gasteiger partial charge is 0.338 e. The minimum atomic E-state index is 0.684. The van der Waals surface area contributed by atoms with Gasteiger partial charge in [0.05, 0.1) is 10.5 Å². The molecule has 0 amide bonds. The summed E-state index contributed by atoms with van der Waals surface area (Å²) in [6, 6.07) is 22.7. The number of nitrogens with zero attached hydrogens (tertiary/aromatic N) is 1. The van der Waals surface area contributed by atoms with Crippen molar-refractivity contribution in [2.24, 2.45) is 0 Å². The molecule has 1 N–H and O–H groups in total. The van der Waals surface area contributed by atoms with E-state index in [9.17, 15) is 0 Å². The molecule has 0 unspecified atom stereocenters. The van der Waals surface area contributed by atoms with E-state index in [-0.39, 0.29) is 0 Å². The Morgan fingerprint density at radius 1 is 0.826 bits per heavy atom. The van der Waals surface area contributed by atoms with Gasteiger partial charge in [0.15, 0.2) is 0 Å². The zero-order valence-corrected chi connectivity index (χ0v) is 13.4. The predicted molar refractivity (Wildman–Crippen MR) is 96.7 cm³/mol. The number of aromatic nitrogens is 2. The minimum absolute atomic E-state index is 0.684. The van der Waals surface area contributed by atoms with E-state index in [1.54, 1.807) is 0 Å². The van der Waals surface area contributed by atoms with Crippen molar-refractivity contribution >= 4 is 22.6 Å². The molecular weight excluding hydrogens is 304 g/mol. The number of hydrogen-bond donors (Lipinski definition) is 1. The van der Waals surface area contributed by atoms with Crippen LogP contribution in [0, 0.1) is 6.92 Å². The van der Waals surface area contributed by atoms with Crippen LogP contribution in [-0.2, 0) is 0 Å². The lowest BCUT2D eigenvalue weighted by molar-refractivity contribution is 1.34. The smallest absolute Gasteiger partial charge is 0.138 e. The standard InChI is InChI=1S/C20H15ClN2/c1-13-11-17(21)19-18(12-13)22-20(23-19)16-9-7-15(8-10-16)14-5-3-2-4-6-14/h2-12H,1H3,(H,22,23). The Labute approximate surface area is 139 Å². The topological polar surface area (TPSA) is 28.7 Å². The van der Waals surface area contributed by atoms with E-state index in [4.69, 9.17) is 11.6 Å². The zero-order chi connectivity index (χ0) is 15.8. The van der Waals surface area contributed by atoms with Crippen LogP contribution in [0.1, 0.15) is 5.56 Å². The van der Waals surface area contributed by atoms with Gasteiger partial charge in [-0.15, -0.1) is 0 Å². The van der Waals surface area contributed by atoms with Crippen molar-refractivity contribution in [3.05, 3.63) is 77.3 Å². The molecule has 112 valence electrons. The second-order valence-corrected chi connectivity index (χ2v) is 6.08. The molecule has 2 nitrogen and oxygen atoms in total. The molecule has 1 heterocycles. The molecular formula is C20H15ClN2. The molecule has 0 saturated carbocycles. The Hall–Kier alpha value is -2.58. The van der Waals surface area contributed by atoms with E-state index in [2.05, 4.69) is 52.4 Å². The van der Waals surface area contributed by atoms with E-state index in [1.165, 1.54) is 11.1 Å². The van der Waals surface area contributed by atoms with Gasteiger partial charge in [0.25, 0.3) is 0 Å². The number of nitrogens with one attached hydrogen (secondary N) is 1. The number of aryl methyl sites for hydroxylation is 1. The van der Waals surface area contributed by atoms with Gasteiger partial charge in [-0.25, -0.2) is 4.98 Å². The van der Waals surface area contributed by atoms with E-state index < -0.39 is 0 Å². The maximum absolute atomic E-state index is 6.29. The highest BCUT2D eigenvalue weighted by Gasteiger charge is 2.09. The summed E-state index contributed by atoms with van der Waals surface area (Å²) in [5, 5.41) is 0.684. The second-order valence-electron chi connectivity index (χ2n) is 5.67. The summed E-state index contributed by atoms with van der Waals surface area (Å²) in [5.41, 5.74) is 6.37. The van der Waals surface area contributed by atoms with Gasteiger partial charge in [-0.1, -0.05) is 66.2 Å². The number of rotatable bonds is 2. The van der Waals surface area contributed by atoms with Gasteiger partial charge >= 0.3 is 0 Å². The second kappa shape index (κ2) is 5.56. The van der Waals surface area contributed by atoms with E-state index in [0.29, 0.717) is 5.02 Å². The van der Waals surface area contributed by atoms with Crippen LogP contribution in [-0.4, -0.2) is 9.97 Å². The Kier molecular flexibility index (Phi) is 3.40. The van der Waals surface area contributed by atoms with Gasteiger partial charge in [-0.3, -0.25) is 0 Å². The Morgan fingerprint density at radius 2 is 1.48 bits per heavy atom. The van der Waals surface area contributed by atoms with Gasteiger partial charge in [0, 0.05) is 5.56 Å². The average Bonchev–Trinajstić information content (AvgIpc) is 3.00. The summed E-state index contributed by atoms with van der Waals surface area (Å²) >= 11 is 6.29. The fourth-order valence-electron chi connectivity index (χ4n) is 2.80. The van der Waals surface area contributed by atoms with Crippen LogP contribution in [0.5, 0.6) is 0 Å². The number of fused-ring (bicyclic) bond motifs is 1. The number of hydrogen-bond acceptors (Lipinski definition) is 1. The molecule has 3 heteroatoms. The van der Waals surface area contributed by atoms with Crippen molar-refractivity contribution in [3.8, 4) is 22.5 Å². The molecule has 0 fully saturated rings. The lowest BCUT2D eigenvalue weighted by Gasteiger charge is -2.02. The number of halogens is 1. The quantitative estimate of drug-likeness (QED) is 0.493. The van der Waals surface area contributed by atoms with Gasteiger partial charge in [0.1, 0.15) is 11.3 Å². The predicted octanol–water partition coefficient (Wildman–Crippen LogP) is 5.86. The fourth-order valence-corrected chi connectivity index (χ4v) is 3.11. The van der Waals surface area contributed by atoms with Crippen molar-refractivity contribution in [2.75, 3.05) is 0 Å². The molecule has 0 aliphatic rings. The van der Waals surface area contributed by atoms with Gasteiger partial charge in [-0.05, 0) is 35.7 Å². The van der Waals surface area contributed by atoms with Crippen LogP contribution in [0.15, 0.2) is 66.7 Å². The van der Waals surface area contributed by atoms with Crippen LogP contribution in [0.3, 0.4) is 0 Å². The summed E-state index contributed by atoms with van der Waals surface area (Å²) in [5.74, 6) is 0.840. The SMILES string of the molecule is Cc1cc(Cl)c2nc(-c3ccc(-c4ccccc4)cc3)[nH]c2c1. The van der Waals surface area contributed by atoms with Crippen LogP contribution in [0.25, 0.3) is 33.5 Å². The minimum Gasteiger partial charge on any atom is -0.338 e. The summed E-state index contributed by atoms with van der Waals surface area (Å²) < 4.78 is 0. The van der Waals surface area contributed by atoms with Crippen LogP contribution < -0.4 is 0 Å². The highest BCUT2D eigenvalue weighted by atomic mass is 35.5. The maximum atomic E-state index is 6.29. The molecule has 3 aromatic carbocycles. The number of benzene rings is 3. The average molecular weight is 319 g/mol. The zero-order valence-electron chi connectivity index (χ0n) is 12.7. The van der Waals surface area contributed by atoms with Crippen molar-refractivity contribution in [2.45, 2.75) is 6.92 Å². The molecule has 4 aromatic rings. The number of H-pyrrole nitrogens is 1. The molecule has 0 aliphatic carbocycles. The van der Waals surface area contributed by atoms with Crippen LogP contribution in [0.2, 0.25) is 5.02 Å². The first-order valence-electron chi connectivity index (χ1n) is 7.52. The van der Waals surface area contributed by atoms with Gasteiger partial charge in [0.2, 0.25) is 0 Å². The molecule has 0 atom stereocenters. The van der Waals surface area contributed by atoms with Crippen molar-refractivity contribution in [3.63, 3.8) is 0 Å². The molecule has 0 radical (unpaired) electrons. The Bertz CT molecular complexity index is 970. The van der Waals surface area contributed by atoms with Crippen molar-refractivity contribution < 1.29 is 0 Å². The van der Waals surface area contributed by atoms with Crippen molar-refractivity contribution in [1.29, 1.82) is 0 Å². The summed E-state index contributed by atoms with van der Waals surface area (Å²) in [6.07, 6.45) is 0. The van der Waals surface area contributed by atoms with Crippen LogP contribution in [0.4, 0.5) is 0 Å². The third kappa shape index (κ3) is 2.62. The Morgan fingerprint density at radius 3 is 2.22 bits per heavy atom. The molecule has 4 rings (SSSR count). The number of aromatic amines is 1. The highest BCUT2D eigenvalue weighted by molar-refractivity contribution is 6.35. The fraction of sp³-hybridized carbons (Fsp3) is 0.0500. The monoisotopic (exact) mass is 318 g/mol. The molecule has 0 saturated heterocycles. The van der Waals surface area contributed by atoms with E-state index in [0.717, 1.165) is 28.0 Å². The lowest BCUT2D eigenvalue weighted by atomic mass is 10.0. The van der Waals surface area contributed by atoms with Gasteiger partial charge < -0.3 is 4.98 Å². The van der Waals surface area contributed by atoms with E-state index in [1.807, 2.05) is 31.2 Å². The van der Waals surface area contributed by atoms with Crippen molar-refractivity contribution in [1.82, 2.24) is 9.97 Å². The highest BCUT2D eigenvalue weighted by Crippen LogP contribution is 2.28. The summed E-state index contributed by atoms with van der Waals surface area (Å²) in [7, 11) is 0. The lowest BCUT2D eigenvalue weighted by Crippen LogP contribution is -1.81. The summed E-state index contributed by atoms with van der Waals surface area (Å²) in [4.78, 5) is 8.00. The Balaban J connectivity index is 1.75. The normalized spacial score (nSPS) is 11.0. The first kappa shape index (κ1) is 14.0.